The Balaban J connectivity index is 3.02. The lowest BCUT2D eigenvalue weighted by Crippen LogP contribution is -2.02. The molecule has 0 bridgehead atoms. The van der Waals surface area contributed by atoms with Crippen LogP contribution in [-0.4, -0.2) is 23.3 Å². The zero-order valence-electron chi connectivity index (χ0n) is 6.23. The molecule has 0 aromatic carbocycles. The number of halogens is 2. The Labute approximate surface area is 78.8 Å². The molecule has 1 aromatic heterocycles. The Morgan fingerprint density at radius 1 is 1.75 bits per heavy atom. The summed E-state index contributed by atoms with van der Waals surface area (Å²) in [5.41, 5.74) is 0.577. The molecule has 0 saturated heterocycles. The number of ether oxygens (including phenoxy) is 1. The summed E-state index contributed by atoms with van der Waals surface area (Å²) in [6, 6.07) is 0. The normalized spacial score (nSPS) is 9.92. The van der Waals surface area contributed by atoms with Crippen LogP contribution in [0.15, 0.2) is 0 Å². The minimum Gasteiger partial charge on any atom is -0.464 e. The van der Waals surface area contributed by atoms with E-state index in [-0.39, 0.29) is 16.6 Å². The first kappa shape index (κ1) is 9.35. The van der Waals surface area contributed by atoms with Gasteiger partial charge in [-0.05, 0) is 0 Å². The Bertz CT molecular complexity index is 298. The third kappa shape index (κ3) is 1.54. The van der Waals surface area contributed by atoms with Gasteiger partial charge >= 0.3 is 5.97 Å². The van der Waals surface area contributed by atoms with E-state index in [0.29, 0.717) is 5.69 Å². The first-order chi connectivity index (χ1) is 5.70. The lowest BCUT2D eigenvalue weighted by atomic mass is 10.4. The van der Waals surface area contributed by atoms with Crippen molar-refractivity contribution in [3.63, 3.8) is 0 Å². The van der Waals surface area contributed by atoms with Crippen LogP contribution in [0, 0.1) is 0 Å². The molecule has 1 rings (SSSR count). The topological polar surface area (TPSA) is 55.0 Å². The van der Waals surface area contributed by atoms with Crippen molar-refractivity contribution in [3.8, 4) is 0 Å². The van der Waals surface area contributed by atoms with Crippen molar-refractivity contribution in [3.05, 3.63) is 16.4 Å². The summed E-state index contributed by atoms with van der Waals surface area (Å²) in [4.78, 5) is 10.9. The van der Waals surface area contributed by atoms with E-state index in [2.05, 4.69) is 14.9 Å². The zero-order valence-corrected chi connectivity index (χ0v) is 7.74. The highest BCUT2D eigenvalue weighted by Crippen LogP contribution is 2.19. The summed E-state index contributed by atoms with van der Waals surface area (Å²) >= 11 is 11.2. The summed E-state index contributed by atoms with van der Waals surface area (Å²) < 4.78 is 4.43. The summed E-state index contributed by atoms with van der Waals surface area (Å²) in [6.07, 6.45) is 0. The number of hydrogen-bond donors (Lipinski definition) is 1. The second kappa shape index (κ2) is 3.78. The van der Waals surface area contributed by atoms with Crippen LogP contribution in [-0.2, 0) is 10.6 Å². The number of alkyl halides is 1. The van der Waals surface area contributed by atoms with Crippen molar-refractivity contribution < 1.29 is 9.53 Å². The van der Waals surface area contributed by atoms with Crippen molar-refractivity contribution in [1.29, 1.82) is 0 Å². The Morgan fingerprint density at radius 2 is 2.42 bits per heavy atom. The van der Waals surface area contributed by atoms with Gasteiger partial charge in [0.15, 0.2) is 5.69 Å². The number of aromatic nitrogens is 2. The third-order valence-electron chi connectivity index (χ3n) is 1.29. The van der Waals surface area contributed by atoms with E-state index >= 15 is 0 Å². The second-order valence-corrected chi connectivity index (χ2v) is 2.64. The predicted octanol–water partition coefficient (Wildman–Crippen LogP) is 1.59. The van der Waals surface area contributed by atoms with Gasteiger partial charge in [0.1, 0.15) is 0 Å². The molecule has 0 spiro atoms. The van der Waals surface area contributed by atoms with Gasteiger partial charge in [0.2, 0.25) is 0 Å². The number of carbonyl (C=O) groups is 1. The third-order valence-corrected chi connectivity index (χ3v) is 1.96. The molecule has 0 saturated carbocycles. The standard InChI is InChI=1S/C6H6Cl2N2O2/c1-12-6(11)5-4(8)3(2-7)9-10-5/h2H2,1H3,(H,9,10). The summed E-state index contributed by atoms with van der Waals surface area (Å²) in [7, 11) is 1.26. The van der Waals surface area contributed by atoms with E-state index in [9.17, 15) is 4.79 Å². The lowest BCUT2D eigenvalue weighted by Gasteiger charge is -1.93. The number of nitrogens with zero attached hydrogens (tertiary/aromatic N) is 1. The van der Waals surface area contributed by atoms with Gasteiger partial charge in [-0.2, -0.15) is 5.10 Å². The van der Waals surface area contributed by atoms with Crippen LogP contribution < -0.4 is 0 Å². The van der Waals surface area contributed by atoms with Crippen LogP contribution in [0.4, 0.5) is 0 Å². The summed E-state index contributed by atoms with van der Waals surface area (Å²) in [5.74, 6) is -0.393. The molecule has 12 heavy (non-hydrogen) atoms. The molecular weight excluding hydrogens is 203 g/mol. The van der Waals surface area contributed by atoms with Gasteiger partial charge in [-0.3, -0.25) is 5.10 Å². The smallest absolute Gasteiger partial charge is 0.360 e. The van der Waals surface area contributed by atoms with E-state index in [1.807, 2.05) is 0 Å². The highest BCUT2D eigenvalue weighted by molar-refractivity contribution is 6.34. The maximum atomic E-state index is 10.9. The van der Waals surface area contributed by atoms with Gasteiger partial charge in [-0.25, -0.2) is 4.79 Å². The first-order valence-corrected chi connectivity index (χ1v) is 3.99. The van der Waals surface area contributed by atoms with Gasteiger partial charge in [-0.15, -0.1) is 11.6 Å². The number of esters is 1. The van der Waals surface area contributed by atoms with E-state index < -0.39 is 5.97 Å². The molecule has 1 heterocycles. The molecule has 1 N–H and O–H groups in total. The SMILES string of the molecule is COC(=O)c1n[nH]c(CCl)c1Cl. The van der Waals surface area contributed by atoms with Crippen molar-refractivity contribution in [1.82, 2.24) is 10.2 Å². The van der Waals surface area contributed by atoms with Crippen LogP contribution in [0.1, 0.15) is 16.2 Å². The Morgan fingerprint density at radius 3 is 2.83 bits per heavy atom. The van der Waals surface area contributed by atoms with Crippen LogP contribution in [0.3, 0.4) is 0 Å². The van der Waals surface area contributed by atoms with Gasteiger partial charge < -0.3 is 4.74 Å². The van der Waals surface area contributed by atoms with Gasteiger partial charge in [0.25, 0.3) is 0 Å². The van der Waals surface area contributed by atoms with E-state index in [1.165, 1.54) is 7.11 Å². The largest absolute Gasteiger partial charge is 0.464 e. The molecule has 0 fully saturated rings. The Hall–Kier alpha value is -0.740. The van der Waals surface area contributed by atoms with E-state index in [1.54, 1.807) is 0 Å². The van der Waals surface area contributed by atoms with Crippen molar-refractivity contribution in [2.45, 2.75) is 5.88 Å². The summed E-state index contributed by atoms with van der Waals surface area (Å²) in [5, 5.41) is 6.38. The fourth-order valence-corrected chi connectivity index (χ4v) is 1.18. The van der Waals surface area contributed by atoms with Crippen LogP contribution in [0.25, 0.3) is 0 Å². The molecule has 6 heteroatoms. The number of nitrogens with one attached hydrogen (secondary N) is 1. The Kier molecular flexibility index (Phi) is 2.94. The minimum absolute atomic E-state index is 0.0646. The molecule has 0 aliphatic carbocycles. The van der Waals surface area contributed by atoms with Crippen LogP contribution in [0.2, 0.25) is 5.02 Å². The molecule has 0 atom stereocenters. The second-order valence-electron chi connectivity index (χ2n) is 1.99. The predicted molar refractivity (Wildman–Crippen MR) is 44.5 cm³/mol. The fraction of sp³-hybridized carbons (Fsp3) is 0.333. The number of hydrogen-bond acceptors (Lipinski definition) is 3. The average molecular weight is 209 g/mol. The van der Waals surface area contributed by atoms with Crippen molar-refractivity contribution in [2.24, 2.45) is 0 Å². The van der Waals surface area contributed by atoms with E-state index in [4.69, 9.17) is 23.2 Å². The average Bonchev–Trinajstić information content (AvgIpc) is 2.45. The molecule has 0 radical (unpaired) electrons. The van der Waals surface area contributed by atoms with Crippen LogP contribution >= 0.6 is 23.2 Å². The minimum atomic E-state index is -0.576. The van der Waals surface area contributed by atoms with Crippen molar-refractivity contribution >= 4 is 29.2 Å². The number of aromatic amines is 1. The number of H-pyrrole nitrogens is 1. The highest BCUT2D eigenvalue weighted by atomic mass is 35.5. The maximum absolute atomic E-state index is 10.9. The number of rotatable bonds is 2. The molecule has 0 amide bonds. The summed E-state index contributed by atoms with van der Waals surface area (Å²) in [6.45, 7) is 0. The molecule has 66 valence electrons. The zero-order chi connectivity index (χ0) is 9.14. The highest BCUT2D eigenvalue weighted by Gasteiger charge is 2.17. The lowest BCUT2D eigenvalue weighted by molar-refractivity contribution is 0.0594. The monoisotopic (exact) mass is 208 g/mol. The van der Waals surface area contributed by atoms with Gasteiger partial charge in [0.05, 0.1) is 23.7 Å². The number of carbonyl (C=O) groups excluding carboxylic acids is 1. The van der Waals surface area contributed by atoms with Gasteiger partial charge in [-0.1, -0.05) is 11.6 Å². The molecule has 0 aliphatic heterocycles. The fourth-order valence-electron chi connectivity index (χ4n) is 0.685. The van der Waals surface area contributed by atoms with E-state index in [0.717, 1.165) is 0 Å². The quantitative estimate of drug-likeness (QED) is 0.594. The first-order valence-electron chi connectivity index (χ1n) is 3.07. The molecule has 0 unspecified atom stereocenters. The number of methoxy groups -OCH3 is 1. The molecular formula is C6H6Cl2N2O2. The molecule has 1 aromatic rings. The van der Waals surface area contributed by atoms with Gasteiger partial charge in [0, 0.05) is 0 Å². The molecule has 4 nitrogen and oxygen atoms in total. The van der Waals surface area contributed by atoms with Crippen LogP contribution in [0.5, 0.6) is 0 Å². The van der Waals surface area contributed by atoms with Crippen molar-refractivity contribution in [2.75, 3.05) is 7.11 Å². The maximum Gasteiger partial charge on any atom is 0.360 e. The molecule has 0 aliphatic rings.